The molecule has 0 unspecified atom stereocenters. The van der Waals surface area contributed by atoms with Crippen LogP contribution in [0, 0.1) is 0 Å². The number of halogens is 2. The minimum absolute atomic E-state index is 0.382. The summed E-state index contributed by atoms with van der Waals surface area (Å²) in [5.41, 5.74) is 1.30. The van der Waals surface area contributed by atoms with Crippen molar-refractivity contribution in [3.8, 4) is 0 Å². The highest BCUT2D eigenvalue weighted by Crippen LogP contribution is 2.09. The van der Waals surface area contributed by atoms with Crippen molar-refractivity contribution in [2.45, 2.75) is 19.8 Å². The molecule has 1 aromatic carbocycles. The molecule has 1 aromatic rings. The first-order valence-corrected chi connectivity index (χ1v) is 5.53. The number of nitrogens with one attached hydrogen (secondary N) is 2. The van der Waals surface area contributed by atoms with E-state index >= 15 is 0 Å². The average molecular weight is 242 g/mol. The lowest BCUT2D eigenvalue weighted by atomic mass is 10.2. The Kier molecular flexibility index (Phi) is 5.39. The van der Waals surface area contributed by atoms with Crippen LogP contribution in [0.15, 0.2) is 24.3 Å². The van der Waals surface area contributed by atoms with Gasteiger partial charge in [-0.25, -0.2) is 8.78 Å². The molecule has 94 valence electrons. The van der Waals surface area contributed by atoms with Crippen molar-refractivity contribution in [1.82, 2.24) is 5.32 Å². The minimum atomic E-state index is -2.52. The zero-order valence-electron chi connectivity index (χ0n) is 9.67. The van der Waals surface area contributed by atoms with Gasteiger partial charge >= 0.3 is 0 Å². The molecule has 0 heterocycles. The highest BCUT2D eigenvalue weighted by atomic mass is 19.3. The van der Waals surface area contributed by atoms with Crippen LogP contribution in [0.5, 0.6) is 0 Å². The molecule has 0 radical (unpaired) electrons. The van der Waals surface area contributed by atoms with Crippen molar-refractivity contribution in [3.05, 3.63) is 29.8 Å². The third-order valence-corrected chi connectivity index (χ3v) is 2.14. The van der Waals surface area contributed by atoms with Gasteiger partial charge in [0, 0.05) is 17.8 Å². The van der Waals surface area contributed by atoms with E-state index in [2.05, 4.69) is 17.6 Å². The SMILES string of the molecule is CCCNc1ccc(C(=O)NCC(F)F)cc1. The Labute approximate surface area is 99.2 Å². The van der Waals surface area contributed by atoms with Crippen LogP contribution in [0.25, 0.3) is 0 Å². The summed E-state index contributed by atoms with van der Waals surface area (Å²) in [5, 5.41) is 5.31. The van der Waals surface area contributed by atoms with Gasteiger partial charge in [0.05, 0.1) is 6.54 Å². The molecule has 0 aromatic heterocycles. The fraction of sp³-hybridized carbons (Fsp3) is 0.417. The Balaban J connectivity index is 2.51. The number of hydrogen-bond acceptors (Lipinski definition) is 2. The largest absolute Gasteiger partial charge is 0.385 e. The zero-order chi connectivity index (χ0) is 12.7. The van der Waals surface area contributed by atoms with E-state index in [4.69, 9.17) is 0 Å². The Morgan fingerprint density at radius 1 is 1.29 bits per heavy atom. The number of carbonyl (C=O) groups is 1. The van der Waals surface area contributed by atoms with E-state index in [1.807, 2.05) is 0 Å². The number of benzene rings is 1. The standard InChI is InChI=1S/C12H16F2N2O/c1-2-7-15-10-5-3-9(4-6-10)12(17)16-8-11(13)14/h3-6,11,15H,2,7-8H2,1H3,(H,16,17). The lowest BCUT2D eigenvalue weighted by molar-refractivity contribution is 0.0891. The number of alkyl halides is 2. The molecule has 5 heteroatoms. The predicted octanol–water partition coefficient (Wildman–Crippen LogP) is 2.50. The van der Waals surface area contributed by atoms with Gasteiger partial charge in [0.2, 0.25) is 0 Å². The maximum Gasteiger partial charge on any atom is 0.255 e. The fourth-order valence-electron chi connectivity index (χ4n) is 1.28. The molecule has 3 nitrogen and oxygen atoms in total. The van der Waals surface area contributed by atoms with Crippen LogP contribution in [0.3, 0.4) is 0 Å². The van der Waals surface area contributed by atoms with Gasteiger partial charge in [0.15, 0.2) is 0 Å². The summed E-state index contributed by atoms with van der Waals surface area (Å²) in [5.74, 6) is -0.479. The van der Waals surface area contributed by atoms with Gasteiger partial charge in [-0.2, -0.15) is 0 Å². The van der Waals surface area contributed by atoms with Crippen LogP contribution in [0.2, 0.25) is 0 Å². The maximum atomic E-state index is 11.9. The summed E-state index contributed by atoms with van der Waals surface area (Å²) in [4.78, 5) is 11.4. The van der Waals surface area contributed by atoms with Crippen molar-refractivity contribution in [2.24, 2.45) is 0 Å². The third kappa shape index (κ3) is 4.80. The van der Waals surface area contributed by atoms with Crippen LogP contribution in [0.4, 0.5) is 14.5 Å². The molecular formula is C12H16F2N2O. The summed E-state index contributed by atoms with van der Waals surface area (Å²) < 4.78 is 23.8. The lowest BCUT2D eigenvalue weighted by Gasteiger charge is -2.07. The predicted molar refractivity (Wildman–Crippen MR) is 63.6 cm³/mol. The normalized spacial score (nSPS) is 10.4. The summed E-state index contributed by atoms with van der Waals surface area (Å²) in [7, 11) is 0. The van der Waals surface area contributed by atoms with E-state index in [9.17, 15) is 13.6 Å². The number of hydrogen-bond donors (Lipinski definition) is 2. The van der Waals surface area contributed by atoms with E-state index in [-0.39, 0.29) is 0 Å². The lowest BCUT2D eigenvalue weighted by Crippen LogP contribution is -2.28. The van der Waals surface area contributed by atoms with Crippen LogP contribution >= 0.6 is 0 Å². The average Bonchev–Trinajstić information content (AvgIpc) is 2.34. The van der Waals surface area contributed by atoms with E-state index in [1.165, 1.54) is 0 Å². The van der Waals surface area contributed by atoms with Gasteiger partial charge in [-0.3, -0.25) is 4.79 Å². The van der Waals surface area contributed by atoms with Crippen LogP contribution in [0.1, 0.15) is 23.7 Å². The van der Waals surface area contributed by atoms with Gasteiger partial charge in [-0.1, -0.05) is 6.92 Å². The molecule has 0 saturated heterocycles. The molecule has 0 aliphatic carbocycles. The Bertz CT molecular complexity index is 352. The summed E-state index contributed by atoms with van der Waals surface area (Å²) in [6, 6.07) is 6.73. The van der Waals surface area contributed by atoms with Crippen LogP contribution in [-0.4, -0.2) is 25.4 Å². The smallest absolute Gasteiger partial charge is 0.255 e. The van der Waals surface area contributed by atoms with Crippen molar-refractivity contribution in [1.29, 1.82) is 0 Å². The maximum absolute atomic E-state index is 11.9. The number of carbonyl (C=O) groups excluding carboxylic acids is 1. The molecule has 1 rings (SSSR count). The highest BCUT2D eigenvalue weighted by Gasteiger charge is 2.08. The summed E-state index contributed by atoms with van der Waals surface area (Å²) in [6.45, 7) is 2.30. The van der Waals surface area contributed by atoms with Crippen molar-refractivity contribution >= 4 is 11.6 Å². The van der Waals surface area contributed by atoms with Crippen molar-refractivity contribution in [3.63, 3.8) is 0 Å². The molecule has 0 bridgehead atoms. The van der Waals surface area contributed by atoms with Gasteiger partial charge in [0.1, 0.15) is 0 Å². The van der Waals surface area contributed by atoms with Crippen molar-refractivity contribution < 1.29 is 13.6 Å². The highest BCUT2D eigenvalue weighted by molar-refractivity contribution is 5.94. The Morgan fingerprint density at radius 2 is 1.94 bits per heavy atom. The molecule has 1 amide bonds. The second-order valence-corrected chi connectivity index (χ2v) is 3.61. The van der Waals surface area contributed by atoms with Gasteiger partial charge in [0.25, 0.3) is 12.3 Å². The molecule has 0 spiro atoms. The quantitative estimate of drug-likeness (QED) is 0.804. The third-order valence-electron chi connectivity index (χ3n) is 2.14. The van der Waals surface area contributed by atoms with Gasteiger partial charge in [-0.05, 0) is 30.7 Å². The number of rotatable bonds is 6. The van der Waals surface area contributed by atoms with Gasteiger partial charge in [-0.15, -0.1) is 0 Å². The molecule has 17 heavy (non-hydrogen) atoms. The second kappa shape index (κ2) is 6.83. The molecule has 0 aliphatic rings. The Morgan fingerprint density at radius 3 is 2.47 bits per heavy atom. The number of amides is 1. The van der Waals surface area contributed by atoms with Crippen molar-refractivity contribution in [2.75, 3.05) is 18.4 Å². The molecule has 0 saturated carbocycles. The topological polar surface area (TPSA) is 41.1 Å². The fourth-order valence-corrected chi connectivity index (χ4v) is 1.28. The van der Waals surface area contributed by atoms with E-state index in [0.717, 1.165) is 18.7 Å². The second-order valence-electron chi connectivity index (χ2n) is 3.61. The molecule has 0 fully saturated rings. The minimum Gasteiger partial charge on any atom is -0.385 e. The van der Waals surface area contributed by atoms with E-state index in [0.29, 0.717) is 5.56 Å². The first kappa shape index (κ1) is 13.4. The Hall–Kier alpha value is -1.65. The number of anilines is 1. The monoisotopic (exact) mass is 242 g/mol. The molecule has 0 aliphatic heterocycles. The van der Waals surface area contributed by atoms with Crippen LogP contribution < -0.4 is 10.6 Å². The summed E-state index contributed by atoms with van der Waals surface area (Å²) >= 11 is 0. The van der Waals surface area contributed by atoms with Crippen LogP contribution in [-0.2, 0) is 0 Å². The molecular weight excluding hydrogens is 226 g/mol. The first-order chi connectivity index (χ1) is 8.13. The van der Waals surface area contributed by atoms with E-state index in [1.54, 1.807) is 24.3 Å². The molecule has 0 atom stereocenters. The zero-order valence-corrected chi connectivity index (χ0v) is 9.67. The van der Waals surface area contributed by atoms with E-state index < -0.39 is 18.9 Å². The first-order valence-electron chi connectivity index (χ1n) is 5.53. The summed E-state index contributed by atoms with van der Waals surface area (Å²) in [6.07, 6.45) is -1.51. The molecule has 2 N–H and O–H groups in total. The van der Waals surface area contributed by atoms with Gasteiger partial charge < -0.3 is 10.6 Å².